The van der Waals surface area contributed by atoms with E-state index in [1.807, 2.05) is 0 Å². The molecule has 4 nitrogen and oxygen atoms in total. The Morgan fingerprint density at radius 2 is 2.11 bits per heavy atom. The summed E-state index contributed by atoms with van der Waals surface area (Å²) < 4.78 is 5.08. The molecule has 4 heteroatoms. The zero-order chi connectivity index (χ0) is 14.0. The quantitative estimate of drug-likeness (QED) is 0.822. The molecule has 3 atom stereocenters. The van der Waals surface area contributed by atoms with Crippen LogP contribution in [0.25, 0.3) is 0 Å². The minimum absolute atomic E-state index is 0.0916. The van der Waals surface area contributed by atoms with Gasteiger partial charge in [-0.25, -0.2) is 0 Å². The monoisotopic (exact) mass is 262 g/mol. The number of hydrogen-bond acceptors (Lipinski definition) is 3. The Bertz CT molecular complexity index is 473. The van der Waals surface area contributed by atoms with Crippen LogP contribution in [0, 0.1) is 11.8 Å². The van der Waals surface area contributed by atoms with Gasteiger partial charge in [-0.3, -0.25) is 4.79 Å². The van der Waals surface area contributed by atoms with Crippen molar-refractivity contribution in [2.45, 2.75) is 32.7 Å². The summed E-state index contributed by atoms with van der Waals surface area (Å²) in [7, 11) is 1.58. The fourth-order valence-corrected chi connectivity index (χ4v) is 2.69. The first-order chi connectivity index (χ1) is 9.02. The van der Waals surface area contributed by atoms with Crippen molar-refractivity contribution in [1.82, 2.24) is 5.32 Å². The van der Waals surface area contributed by atoms with Crippen molar-refractivity contribution in [3.05, 3.63) is 23.8 Å². The summed E-state index contributed by atoms with van der Waals surface area (Å²) in [5, 5.41) is 3.09. The highest BCUT2D eigenvalue weighted by Gasteiger charge is 2.31. The van der Waals surface area contributed by atoms with E-state index in [0.717, 1.165) is 6.42 Å². The molecule has 104 valence electrons. The standard InChI is InChI=1S/C15H22N2O2/c1-9-4-7-14(10(9)2)17-15(18)12-6-5-11(19-3)8-13(12)16/h5-6,8-10,14H,4,7,16H2,1-3H3,(H,17,18). The molecule has 3 N–H and O–H groups in total. The maximum atomic E-state index is 12.2. The van der Waals surface area contributed by atoms with Crippen LogP contribution in [-0.4, -0.2) is 19.1 Å². The highest BCUT2D eigenvalue weighted by Crippen LogP contribution is 2.31. The van der Waals surface area contributed by atoms with Gasteiger partial charge >= 0.3 is 0 Å². The van der Waals surface area contributed by atoms with Crippen molar-refractivity contribution >= 4 is 11.6 Å². The molecule has 3 unspecified atom stereocenters. The lowest BCUT2D eigenvalue weighted by molar-refractivity contribution is 0.0928. The highest BCUT2D eigenvalue weighted by atomic mass is 16.5. The SMILES string of the molecule is COc1ccc(C(=O)NC2CCC(C)C2C)c(N)c1. The summed E-state index contributed by atoms with van der Waals surface area (Å²) in [6, 6.07) is 5.40. The average molecular weight is 262 g/mol. The van der Waals surface area contributed by atoms with Crippen molar-refractivity contribution in [3.8, 4) is 5.75 Å². The number of amides is 1. The maximum absolute atomic E-state index is 12.2. The number of hydrogen-bond donors (Lipinski definition) is 2. The zero-order valence-corrected chi connectivity index (χ0v) is 11.8. The first kappa shape index (κ1) is 13.7. The molecule has 1 fully saturated rings. The van der Waals surface area contributed by atoms with Crippen molar-refractivity contribution < 1.29 is 9.53 Å². The third-order valence-electron chi connectivity index (χ3n) is 4.29. The lowest BCUT2D eigenvalue weighted by Crippen LogP contribution is -2.37. The first-order valence-electron chi connectivity index (χ1n) is 6.77. The third-order valence-corrected chi connectivity index (χ3v) is 4.29. The molecular formula is C15H22N2O2. The Morgan fingerprint density at radius 3 is 2.63 bits per heavy atom. The van der Waals surface area contributed by atoms with E-state index in [9.17, 15) is 4.79 Å². The van der Waals surface area contributed by atoms with E-state index < -0.39 is 0 Å². The minimum atomic E-state index is -0.0916. The van der Waals surface area contributed by atoms with Gasteiger partial charge in [0.05, 0.1) is 12.7 Å². The molecule has 1 saturated carbocycles. The predicted octanol–water partition coefficient (Wildman–Crippen LogP) is 2.44. The first-order valence-corrected chi connectivity index (χ1v) is 6.77. The molecule has 19 heavy (non-hydrogen) atoms. The Kier molecular flexibility index (Phi) is 3.98. The molecule has 1 aromatic rings. The Labute approximate surface area is 114 Å². The van der Waals surface area contributed by atoms with Crippen LogP contribution in [0.5, 0.6) is 5.75 Å². The molecule has 0 aromatic heterocycles. The number of nitrogens with one attached hydrogen (secondary N) is 1. The number of ether oxygens (including phenoxy) is 1. The summed E-state index contributed by atoms with van der Waals surface area (Å²) in [5.74, 6) is 1.75. The molecule has 1 aliphatic rings. The summed E-state index contributed by atoms with van der Waals surface area (Å²) in [5.41, 5.74) is 6.87. The van der Waals surface area contributed by atoms with Gasteiger partial charge in [0.2, 0.25) is 0 Å². The second kappa shape index (κ2) is 5.51. The van der Waals surface area contributed by atoms with Crippen molar-refractivity contribution in [2.75, 3.05) is 12.8 Å². The number of rotatable bonds is 3. The number of carbonyl (C=O) groups excluding carboxylic acids is 1. The maximum Gasteiger partial charge on any atom is 0.253 e. The van der Waals surface area contributed by atoms with Crippen molar-refractivity contribution in [1.29, 1.82) is 0 Å². The van der Waals surface area contributed by atoms with Crippen LogP contribution in [0.2, 0.25) is 0 Å². The van der Waals surface area contributed by atoms with Crippen molar-refractivity contribution in [3.63, 3.8) is 0 Å². The minimum Gasteiger partial charge on any atom is -0.497 e. The molecule has 0 aliphatic heterocycles. The normalized spacial score (nSPS) is 26.2. The van der Waals surface area contributed by atoms with Crippen LogP contribution in [0.15, 0.2) is 18.2 Å². The molecule has 0 heterocycles. The van der Waals surface area contributed by atoms with Crippen LogP contribution < -0.4 is 15.8 Å². The fraction of sp³-hybridized carbons (Fsp3) is 0.533. The Hall–Kier alpha value is -1.71. The number of anilines is 1. The summed E-state index contributed by atoms with van der Waals surface area (Å²) in [4.78, 5) is 12.2. The molecule has 1 amide bonds. The number of benzene rings is 1. The van der Waals surface area contributed by atoms with E-state index in [4.69, 9.17) is 10.5 Å². The Balaban J connectivity index is 2.08. The van der Waals surface area contributed by atoms with Gasteiger partial charge in [0, 0.05) is 17.8 Å². The van der Waals surface area contributed by atoms with Crippen LogP contribution in [0.4, 0.5) is 5.69 Å². The molecule has 0 spiro atoms. The molecule has 1 aromatic carbocycles. The fourth-order valence-electron chi connectivity index (χ4n) is 2.69. The largest absolute Gasteiger partial charge is 0.497 e. The van der Waals surface area contributed by atoms with Gasteiger partial charge < -0.3 is 15.8 Å². The van der Waals surface area contributed by atoms with E-state index in [2.05, 4.69) is 19.2 Å². The van der Waals surface area contributed by atoms with Crippen LogP contribution in [0.3, 0.4) is 0 Å². The van der Waals surface area contributed by atoms with Gasteiger partial charge in [0.25, 0.3) is 5.91 Å². The van der Waals surface area contributed by atoms with Gasteiger partial charge in [-0.1, -0.05) is 13.8 Å². The topological polar surface area (TPSA) is 64.3 Å². The number of nitrogen functional groups attached to an aromatic ring is 1. The van der Waals surface area contributed by atoms with Gasteiger partial charge in [0.1, 0.15) is 5.75 Å². The smallest absolute Gasteiger partial charge is 0.253 e. The number of methoxy groups -OCH3 is 1. The zero-order valence-electron chi connectivity index (χ0n) is 11.8. The molecule has 0 radical (unpaired) electrons. The summed E-state index contributed by atoms with van der Waals surface area (Å²) in [6.07, 6.45) is 2.22. The summed E-state index contributed by atoms with van der Waals surface area (Å²) >= 11 is 0. The van der Waals surface area contributed by atoms with Crippen molar-refractivity contribution in [2.24, 2.45) is 11.8 Å². The molecule has 0 saturated heterocycles. The van der Waals surface area contributed by atoms with E-state index in [1.165, 1.54) is 6.42 Å². The second-order valence-corrected chi connectivity index (χ2v) is 5.45. The van der Waals surface area contributed by atoms with Gasteiger partial charge in [0.15, 0.2) is 0 Å². The van der Waals surface area contributed by atoms with E-state index in [1.54, 1.807) is 25.3 Å². The molecule has 0 bridgehead atoms. The van der Waals surface area contributed by atoms with E-state index >= 15 is 0 Å². The van der Waals surface area contributed by atoms with E-state index in [-0.39, 0.29) is 11.9 Å². The number of nitrogens with two attached hydrogens (primary N) is 1. The Morgan fingerprint density at radius 1 is 1.37 bits per heavy atom. The molecular weight excluding hydrogens is 240 g/mol. The van der Waals surface area contributed by atoms with Crippen LogP contribution >= 0.6 is 0 Å². The summed E-state index contributed by atoms with van der Waals surface area (Å²) in [6.45, 7) is 4.43. The van der Waals surface area contributed by atoms with E-state index in [0.29, 0.717) is 28.8 Å². The predicted molar refractivity (Wildman–Crippen MR) is 76.2 cm³/mol. The molecule has 2 rings (SSSR count). The lowest BCUT2D eigenvalue weighted by atomic mass is 9.97. The molecule has 1 aliphatic carbocycles. The highest BCUT2D eigenvalue weighted by molar-refractivity contribution is 5.99. The third kappa shape index (κ3) is 2.83. The average Bonchev–Trinajstić information content (AvgIpc) is 2.70. The van der Waals surface area contributed by atoms with Crippen LogP contribution in [0.1, 0.15) is 37.0 Å². The number of carbonyl (C=O) groups is 1. The van der Waals surface area contributed by atoms with Crippen LogP contribution in [-0.2, 0) is 0 Å². The lowest BCUT2D eigenvalue weighted by Gasteiger charge is -2.20. The second-order valence-electron chi connectivity index (χ2n) is 5.45. The van der Waals surface area contributed by atoms with Gasteiger partial charge in [-0.05, 0) is 36.8 Å². The van der Waals surface area contributed by atoms with Gasteiger partial charge in [-0.15, -0.1) is 0 Å². The van der Waals surface area contributed by atoms with Gasteiger partial charge in [-0.2, -0.15) is 0 Å².